The fourth-order valence-corrected chi connectivity index (χ4v) is 5.29. The fraction of sp³-hybridized carbons (Fsp3) is 0.316. The van der Waals surface area contributed by atoms with E-state index in [1.807, 2.05) is 0 Å². The Morgan fingerprint density at radius 2 is 1.89 bits per heavy atom. The van der Waals surface area contributed by atoms with E-state index in [-0.39, 0.29) is 23.7 Å². The molecule has 1 heterocycles. The maximum absolute atomic E-state index is 12.7. The van der Waals surface area contributed by atoms with Crippen molar-refractivity contribution in [3.05, 3.63) is 59.7 Å². The highest BCUT2D eigenvalue weighted by Crippen LogP contribution is 2.49. The minimum Gasteiger partial charge on any atom is -0.489 e. The van der Waals surface area contributed by atoms with Crippen molar-refractivity contribution in [2.45, 2.75) is 41.9 Å². The fourth-order valence-electron chi connectivity index (χ4n) is 3.98. The van der Waals surface area contributed by atoms with Gasteiger partial charge in [-0.1, -0.05) is 36.4 Å². The summed E-state index contributed by atoms with van der Waals surface area (Å²) in [5.74, 6) is -0.849. The Morgan fingerprint density at radius 1 is 1.15 bits per heavy atom. The minimum absolute atomic E-state index is 0.124. The third-order valence-electron chi connectivity index (χ3n) is 5.12. The molecule has 142 valence electrons. The zero-order valence-corrected chi connectivity index (χ0v) is 15.1. The molecule has 2 aliphatic rings. The van der Waals surface area contributed by atoms with Crippen molar-refractivity contribution >= 4 is 16.0 Å². The van der Waals surface area contributed by atoms with Crippen molar-refractivity contribution in [2.75, 3.05) is 0 Å². The Hall–Kier alpha value is -2.42. The lowest BCUT2D eigenvalue weighted by Crippen LogP contribution is -2.43. The largest absolute Gasteiger partial charge is 0.489 e. The van der Waals surface area contributed by atoms with Gasteiger partial charge in [-0.2, -0.15) is 0 Å². The standard InChI is InChI=1S/C19H19NO6S/c21-14-10-15-17(13-8-4-5-11(9-16(22)23)19(13)26-15)18(14)20-27(24,25)12-6-2-1-3-7-12/h1-8,14-15,17-18,20-21H,9-10H2,(H,22,23). The van der Waals surface area contributed by atoms with Crippen LogP contribution in [0.2, 0.25) is 0 Å². The van der Waals surface area contributed by atoms with Gasteiger partial charge in [0.2, 0.25) is 10.0 Å². The van der Waals surface area contributed by atoms with Gasteiger partial charge in [0.1, 0.15) is 11.9 Å². The minimum atomic E-state index is -3.81. The van der Waals surface area contributed by atoms with E-state index < -0.39 is 34.2 Å². The molecule has 0 bridgehead atoms. The second-order valence-electron chi connectivity index (χ2n) is 6.85. The summed E-state index contributed by atoms with van der Waals surface area (Å²) in [5.41, 5.74) is 1.28. The van der Waals surface area contributed by atoms with E-state index in [4.69, 9.17) is 9.84 Å². The molecule has 2 aromatic rings. The van der Waals surface area contributed by atoms with E-state index in [0.717, 1.165) is 5.56 Å². The van der Waals surface area contributed by atoms with Crippen LogP contribution in [0.3, 0.4) is 0 Å². The number of benzene rings is 2. The van der Waals surface area contributed by atoms with Gasteiger partial charge >= 0.3 is 5.97 Å². The Balaban J connectivity index is 1.67. The van der Waals surface area contributed by atoms with Gasteiger partial charge in [-0.15, -0.1) is 0 Å². The highest BCUT2D eigenvalue weighted by molar-refractivity contribution is 7.89. The van der Waals surface area contributed by atoms with Crippen LogP contribution in [-0.4, -0.2) is 42.8 Å². The lowest BCUT2D eigenvalue weighted by atomic mass is 9.92. The van der Waals surface area contributed by atoms with Gasteiger partial charge in [0.25, 0.3) is 0 Å². The number of carboxylic acids is 1. The highest BCUT2D eigenvalue weighted by Gasteiger charge is 2.51. The first-order valence-corrected chi connectivity index (χ1v) is 10.1. The van der Waals surface area contributed by atoms with Gasteiger partial charge in [0.15, 0.2) is 0 Å². The molecule has 2 aromatic carbocycles. The third kappa shape index (κ3) is 3.20. The number of carbonyl (C=O) groups is 1. The van der Waals surface area contributed by atoms with Crippen LogP contribution in [0.25, 0.3) is 0 Å². The molecule has 8 heteroatoms. The first kappa shape index (κ1) is 18.0. The van der Waals surface area contributed by atoms with Gasteiger partial charge < -0.3 is 14.9 Å². The van der Waals surface area contributed by atoms with Crippen LogP contribution < -0.4 is 9.46 Å². The molecule has 4 atom stereocenters. The van der Waals surface area contributed by atoms with Crippen LogP contribution in [0, 0.1) is 0 Å². The van der Waals surface area contributed by atoms with E-state index in [1.54, 1.807) is 36.4 Å². The van der Waals surface area contributed by atoms with Crippen molar-refractivity contribution < 1.29 is 28.2 Å². The second kappa shape index (κ2) is 6.63. The maximum Gasteiger partial charge on any atom is 0.307 e. The van der Waals surface area contributed by atoms with Crippen LogP contribution >= 0.6 is 0 Å². The summed E-state index contributed by atoms with van der Waals surface area (Å²) in [4.78, 5) is 11.2. The number of rotatable bonds is 5. The van der Waals surface area contributed by atoms with Crippen molar-refractivity contribution in [1.82, 2.24) is 4.72 Å². The number of fused-ring (bicyclic) bond motifs is 3. The Kier molecular flexibility index (Phi) is 4.41. The average molecular weight is 389 g/mol. The number of carboxylic acid groups (broad SMARTS) is 1. The van der Waals surface area contributed by atoms with E-state index in [1.165, 1.54) is 12.1 Å². The van der Waals surface area contributed by atoms with Crippen LogP contribution in [-0.2, 0) is 21.2 Å². The van der Waals surface area contributed by atoms with Gasteiger partial charge in [-0.05, 0) is 12.1 Å². The second-order valence-corrected chi connectivity index (χ2v) is 8.57. The Bertz CT molecular complexity index is 975. The highest BCUT2D eigenvalue weighted by atomic mass is 32.2. The topological polar surface area (TPSA) is 113 Å². The van der Waals surface area contributed by atoms with Crippen molar-refractivity contribution in [2.24, 2.45) is 0 Å². The predicted octanol–water partition coefficient (Wildman–Crippen LogP) is 1.27. The number of para-hydroxylation sites is 1. The summed E-state index contributed by atoms with van der Waals surface area (Å²) in [6.07, 6.45) is -1.19. The summed E-state index contributed by atoms with van der Waals surface area (Å²) >= 11 is 0. The van der Waals surface area contributed by atoms with E-state index in [2.05, 4.69) is 4.72 Å². The van der Waals surface area contributed by atoms with E-state index in [0.29, 0.717) is 11.3 Å². The van der Waals surface area contributed by atoms with Crippen LogP contribution in [0.5, 0.6) is 5.75 Å². The van der Waals surface area contributed by atoms with Gasteiger partial charge in [0.05, 0.1) is 23.5 Å². The van der Waals surface area contributed by atoms with Gasteiger partial charge in [0, 0.05) is 23.5 Å². The number of aliphatic hydroxyl groups is 1. The molecular formula is C19H19NO6S. The molecule has 0 radical (unpaired) electrons. The van der Waals surface area contributed by atoms with Crippen LogP contribution in [0.15, 0.2) is 53.4 Å². The van der Waals surface area contributed by atoms with E-state index in [9.17, 15) is 18.3 Å². The molecule has 0 spiro atoms. The SMILES string of the molecule is O=C(O)Cc1cccc2c1OC1CC(O)C(NS(=O)(=O)c3ccccc3)C21. The van der Waals surface area contributed by atoms with Crippen molar-refractivity contribution in [3.8, 4) is 5.75 Å². The van der Waals surface area contributed by atoms with Crippen molar-refractivity contribution in [1.29, 1.82) is 0 Å². The predicted molar refractivity (Wildman–Crippen MR) is 96.1 cm³/mol. The summed E-state index contributed by atoms with van der Waals surface area (Å²) in [6, 6.07) is 12.4. The molecule has 27 heavy (non-hydrogen) atoms. The number of aliphatic carboxylic acids is 1. The Morgan fingerprint density at radius 3 is 2.59 bits per heavy atom. The first-order valence-electron chi connectivity index (χ1n) is 8.62. The molecule has 4 unspecified atom stereocenters. The number of ether oxygens (including phenoxy) is 1. The summed E-state index contributed by atoms with van der Waals surface area (Å²) in [6.45, 7) is 0. The number of hydrogen-bond donors (Lipinski definition) is 3. The molecule has 1 saturated carbocycles. The third-order valence-corrected chi connectivity index (χ3v) is 6.59. The maximum atomic E-state index is 12.7. The molecule has 7 nitrogen and oxygen atoms in total. The monoisotopic (exact) mass is 389 g/mol. The van der Waals surface area contributed by atoms with Gasteiger partial charge in [-0.25, -0.2) is 13.1 Å². The summed E-state index contributed by atoms with van der Waals surface area (Å²) in [7, 11) is -3.81. The molecule has 1 fully saturated rings. The van der Waals surface area contributed by atoms with E-state index >= 15 is 0 Å². The number of aliphatic hydroxyl groups excluding tert-OH is 1. The smallest absolute Gasteiger partial charge is 0.307 e. The zero-order valence-electron chi connectivity index (χ0n) is 14.3. The molecule has 0 aromatic heterocycles. The number of sulfonamides is 1. The lowest BCUT2D eigenvalue weighted by molar-refractivity contribution is -0.136. The summed E-state index contributed by atoms with van der Waals surface area (Å²) in [5, 5.41) is 19.5. The molecule has 4 rings (SSSR count). The number of hydrogen-bond acceptors (Lipinski definition) is 5. The van der Waals surface area contributed by atoms with Crippen LogP contribution in [0.1, 0.15) is 23.5 Å². The normalized spacial score (nSPS) is 26.3. The quantitative estimate of drug-likeness (QED) is 0.710. The molecule has 0 amide bonds. The molecule has 1 aliphatic carbocycles. The van der Waals surface area contributed by atoms with Crippen molar-refractivity contribution in [3.63, 3.8) is 0 Å². The molecule has 1 aliphatic heterocycles. The van der Waals surface area contributed by atoms with Gasteiger partial charge in [-0.3, -0.25) is 4.79 Å². The lowest BCUT2D eigenvalue weighted by Gasteiger charge is -2.22. The number of nitrogens with one attached hydrogen (secondary N) is 1. The van der Waals surface area contributed by atoms with Crippen LogP contribution in [0.4, 0.5) is 0 Å². The Labute approximate surface area is 156 Å². The molecule has 0 saturated heterocycles. The zero-order chi connectivity index (χ0) is 19.2. The first-order chi connectivity index (χ1) is 12.9. The molecule has 3 N–H and O–H groups in total. The molecular weight excluding hydrogens is 370 g/mol. The average Bonchev–Trinajstić information content (AvgIpc) is 3.12. The summed E-state index contributed by atoms with van der Waals surface area (Å²) < 4.78 is 34.0.